The summed E-state index contributed by atoms with van der Waals surface area (Å²) in [6, 6.07) is 11.0. The van der Waals surface area contributed by atoms with Crippen molar-refractivity contribution in [1.29, 1.82) is 0 Å². The van der Waals surface area contributed by atoms with E-state index in [1.807, 2.05) is 6.08 Å². The minimum absolute atomic E-state index is 0.121. The number of phenolic OH excluding ortho intramolecular Hbond substituents is 1. The molecule has 6 rings (SSSR count). The number of amides is 2. The van der Waals surface area contributed by atoms with Crippen LogP contribution in [0.3, 0.4) is 0 Å². The van der Waals surface area contributed by atoms with E-state index in [2.05, 4.69) is 15.9 Å². The number of anilines is 1. The molecule has 4 aliphatic rings. The third kappa shape index (κ3) is 3.42. The zero-order valence-electron chi connectivity index (χ0n) is 19.7. The van der Waals surface area contributed by atoms with Gasteiger partial charge in [0.2, 0.25) is 11.8 Å². The maximum Gasteiger partial charge on any atom is 0.238 e. The predicted molar refractivity (Wildman–Crippen MR) is 136 cm³/mol. The van der Waals surface area contributed by atoms with E-state index in [-0.39, 0.29) is 58.5 Å². The lowest BCUT2D eigenvalue weighted by molar-refractivity contribution is -0.123. The van der Waals surface area contributed by atoms with Gasteiger partial charge in [-0.15, -0.1) is 0 Å². The highest BCUT2D eigenvalue weighted by atomic mass is 79.9. The predicted octanol–water partition coefficient (Wildman–Crippen LogP) is 4.93. The molecule has 2 aromatic carbocycles. The van der Waals surface area contributed by atoms with E-state index in [1.54, 1.807) is 31.2 Å². The summed E-state index contributed by atoms with van der Waals surface area (Å²) in [5, 5.41) is 10.7. The fraction of sp³-hybridized carbons (Fsp3) is 0.241. The molecular formula is C29H21BrFNO5. The quantitative estimate of drug-likeness (QED) is 0.319. The van der Waals surface area contributed by atoms with Crippen LogP contribution in [-0.2, 0) is 19.2 Å². The van der Waals surface area contributed by atoms with Gasteiger partial charge >= 0.3 is 0 Å². The molecule has 2 aromatic rings. The van der Waals surface area contributed by atoms with Gasteiger partial charge in [-0.3, -0.25) is 24.1 Å². The van der Waals surface area contributed by atoms with Crippen molar-refractivity contribution in [2.24, 2.45) is 17.8 Å². The molecule has 0 aromatic heterocycles. The Labute approximate surface area is 220 Å². The van der Waals surface area contributed by atoms with Gasteiger partial charge in [-0.05, 0) is 62.1 Å². The number of halogens is 2. The van der Waals surface area contributed by atoms with E-state index in [4.69, 9.17) is 0 Å². The first kappa shape index (κ1) is 23.7. The number of para-hydroxylation sites is 1. The van der Waals surface area contributed by atoms with Crippen molar-refractivity contribution < 1.29 is 28.7 Å². The molecular weight excluding hydrogens is 541 g/mol. The number of carbonyl (C=O) groups is 4. The third-order valence-electron chi connectivity index (χ3n) is 7.98. The number of aromatic hydroxyl groups is 1. The summed E-state index contributed by atoms with van der Waals surface area (Å²) < 4.78 is 15.3. The molecule has 0 spiro atoms. The van der Waals surface area contributed by atoms with Crippen LogP contribution in [-0.4, -0.2) is 28.5 Å². The monoisotopic (exact) mass is 561 g/mol. The number of nitrogens with zero attached hydrogens (tertiary/aromatic N) is 1. The molecule has 1 heterocycles. The molecule has 4 unspecified atom stereocenters. The summed E-state index contributed by atoms with van der Waals surface area (Å²) in [5.41, 5.74) is 2.04. The van der Waals surface area contributed by atoms with Gasteiger partial charge in [0.25, 0.3) is 0 Å². The Morgan fingerprint density at radius 1 is 1.00 bits per heavy atom. The molecule has 37 heavy (non-hydrogen) atoms. The number of carbonyl (C=O) groups excluding carboxylic acids is 4. The molecule has 186 valence electrons. The largest absolute Gasteiger partial charge is 0.505 e. The lowest BCUT2D eigenvalue weighted by Gasteiger charge is -2.42. The van der Waals surface area contributed by atoms with E-state index < -0.39 is 35.2 Å². The Morgan fingerprint density at radius 3 is 2.46 bits per heavy atom. The highest BCUT2D eigenvalue weighted by Crippen LogP contribution is 2.56. The molecule has 6 nitrogen and oxygen atoms in total. The molecule has 1 saturated heterocycles. The summed E-state index contributed by atoms with van der Waals surface area (Å²) in [5.74, 6) is -5.57. The summed E-state index contributed by atoms with van der Waals surface area (Å²) in [4.78, 5) is 54.9. The average Bonchev–Trinajstić information content (AvgIpc) is 3.13. The summed E-state index contributed by atoms with van der Waals surface area (Å²) in [6.45, 7) is 1.55. The van der Waals surface area contributed by atoms with Crippen LogP contribution in [0.1, 0.15) is 31.2 Å². The second kappa shape index (κ2) is 8.45. The van der Waals surface area contributed by atoms with Gasteiger partial charge in [-0.2, -0.15) is 0 Å². The Morgan fingerprint density at radius 2 is 1.73 bits per heavy atom. The topological polar surface area (TPSA) is 91.8 Å². The summed E-state index contributed by atoms with van der Waals surface area (Å²) >= 11 is 3.36. The molecule has 2 amide bonds. The third-order valence-corrected chi connectivity index (χ3v) is 8.51. The first-order chi connectivity index (χ1) is 17.7. The van der Waals surface area contributed by atoms with Crippen LogP contribution in [0.5, 0.6) is 5.75 Å². The van der Waals surface area contributed by atoms with Crippen LogP contribution in [0.25, 0.3) is 0 Å². The first-order valence-electron chi connectivity index (χ1n) is 12.0. The van der Waals surface area contributed by atoms with Gasteiger partial charge in [0.1, 0.15) is 0 Å². The Bertz CT molecular complexity index is 1520. The number of hydrogen-bond donors (Lipinski definition) is 1. The highest BCUT2D eigenvalue weighted by molar-refractivity contribution is 9.10. The molecule has 4 atom stereocenters. The number of fused-ring (bicyclic) bond motifs is 3. The fourth-order valence-electron chi connectivity index (χ4n) is 6.33. The van der Waals surface area contributed by atoms with Crippen LogP contribution in [0.2, 0.25) is 0 Å². The van der Waals surface area contributed by atoms with Crippen molar-refractivity contribution in [3.63, 3.8) is 0 Å². The Hall–Kier alpha value is -3.65. The minimum atomic E-state index is -0.893. The van der Waals surface area contributed by atoms with Crippen molar-refractivity contribution in [1.82, 2.24) is 0 Å². The molecule has 1 fully saturated rings. The molecule has 1 aliphatic heterocycles. The smallest absolute Gasteiger partial charge is 0.238 e. The number of benzene rings is 2. The van der Waals surface area contributed by atoms with Gasteiger partial charge in [0.05, 0.1) is 17.5 Å². The zero-order chi connectivity index (χ0) is 26.2. The van der Waals surface area contributed by atoms with Gasteiger partial charge < -0.3 is 5.11 Å². The summed E-state index contributed by atoms with van der Waals surface area (Å²) in [6.07, 6.45) is 3.51. The van der Waals surface area contributed by atoms with Crippen LogP contribution in [0, 0.1) is 23.6 Å². The highest BCUT2D eigenvalue weighted by Gasteiger charge is 2.56. The van der Waals surface area contributed by atoms with Crippen LogP contribution in [0.15, 0.2) is 81.4 Å². The zero-order valence-corrected chi connectivity index (χ0v) is 21.3. The molecule has 1 N–H and O–H groups in total. The number of Topliss-reactive ketones (excluding diaryl/α,β-unsaturated/α-hetero) is 1. The normalized spacial score (nSPS) is 27.1. The van der Waals surface area contributed by atoms with E-state index in [1.165, 1.54) is 23.1 Å². The Balaban J connectivity index is 1.50. The number of phenols is 1. The van der Waals surface area contributed by atoms with Gasteiger partial charge in [-0.1, -0.05) is 39.7 Å². The number of ketones is 2. The van der Waals surface area contributed by atoms with E-state index >= 15 is 0 Å². The molecule has 8 heteroatoms. The fourth-order valence-corrected chi connectivity index (χ4v) is 6.59. The lowest BCUT2D eigenvalue weighted by atomic mass is 9.59. The minimum Gasteiger partial charge on any atom is -0.505 e. The van der Waals surface area contributed by atoms with Crippen molar-refractivity contribution in [2.75, 3.05) is 4.90 Å². The van der Waals surface area contributed by atoms with Gasteiger partial charge in [0.15, 0.2) is 23.1 Å². The van der Waals surface area contributed by atoms with Crippen LogP contribution >= 0.6 is 15.9 Å². The molecule has 0 bridgehead atoms. The Kier molecular flexibility index (Phi) is 5.42. The number of imide groups is 1. The van der Waals surface area contributed by atoms with E-state index in [0.717, 1.165) is 10.5 Å². The molecule has 0 saturated carbocycles. The second-order valence-electron chi connectivity index (χ2n) is 9.89. The molecule has 0 radical (unpaired) electrons. The number of allylic oxidation sites excluding steroid dienone is 6. The average molecular weight is 562 g/mol. The standard InChI is InChI=1S/C29H21BrFNO5/c1-13-11-22(33)20-12-19-16(23(25(20)26(13)34)17-3-2-4-21(31)27(17)35)9-10-18-24(19)29(37)32(28(18)36)15-7-5-14(30)6-8-15/h2-9,11,18-19,23-24,35H,10,12H2,1H3. The maximum absolute atomic E-state index is 14.5. The first-order valence-corrected chi connectivity index (χ1v) is 12.8. The number of rotatable bonds is 2. The van der Waals surface area contributed by atoms with Crippen LogP contribution in [0.4, 0.5) is 10.1 Å². The summed E-state index contributed by atoms with van der Waals surface area (Å²) in [7, 11) is 0. The van der Waals surface area contributed by atoms with Crippen molar-refractivity contribution in [3.8, 4) is 5.75 Å². The number of hydrogen-bond acceptors (Lipinski definition) is 5. The lowest BCUT2D eigenvalue weighted by Crippen LogP contribution is -2.39. The molecule has 3 aliphatic carbocycles. The maximum atomic E-state index is 14.5. The van der Waals surface area contributed by atoms with E-state index in [9.17, 15) is 28.7 Å². The van der Waals surface area contributed by atoms with Gasteiger partial charge in [-0.25, -0.2) is 4.39 Å². The second-order valence-corrected chi connectivity index (χ2v) is 10.8. The van der Waals surface area contributed by atoms with Crippen LogP contribution < -0.4 is 4.90 Å². The van der Waals surface area contributed by atoms with E-state index in [0.29, 0.717) is 11.3 Å². The SMILES string of the molecule is CC1=CC(=O)C2=C(C1=O)C(c1cccc(F)c1O)C1=CCC3C(=O)N(c4ccc(Br)cc4)C(=O)C3C1C2. The van der Waals surface area contributed by atoms with Crippen molar-refractivity contribution >= 4 is 45.0 Å². The van der Waals surface area contributed by atoms with Crippen molar-refractivity contribution in [2.45, 2.75) is 25.7 Å². The van der Waals surface area contributed by atoms with Crippen molar-refractivity contribution in [3.05, 3.63) is 92.8 Å². The van der Waals surface area contributed by atoms with Gasteiger partial charge in [0, 0.05) is 32.7 Å².